The van der Waals surface area contributed by atoms with Crippen LogP contribution in [0.5, 0.6) is 0 Å². The Bertz CT molecular complexity index is 458. The van der Waals surface area contributed by atoms with Crippen LogP contribution in [0.1, 0.15) is 26.3 Å². The highest BCUT2D eigenvalue weighted by atomic mass is 15.1. The van der Waals surface area contributed by atoms with Crippen LogP contribution < -0.4 is 5.73 Å². The summed E-state index contributed by atoms with van der Waals surface area (Å²) < 4.78 is 2.16. The highest BCUT2D eigenvalue weighted by Gasteiger charge is 2.09. The Hall–Kier alpha value is -1.84. The SMILES string of the molecule is CCC(C)n1cncc1-c1ccc(N)nc1. The lowest BCUT2D eigenvalue weighted by molar-refractivity contribution is 0.535. The standard InChI is InChI=1S/C12H16N4/c1-3-9(2)16-8-14-7-11(16)10-4-5-12(13)15-6-10/h4-9H,3H2,1-2H3,(H2,13,15). The summed E-state index contributed by atoms with van der Waals surface area (Å²) in [4.78, 5) is 8.29. The minimum atomic E-state index is 0.440. The fourth-order valence-electron chi connectivity index (χ4n) is 1.63. The van der Waals surface area contributed by atoms with Crippen LogP contribution in [-0.2, 0) is 0 Å². The van der Waals surface area contributed by atoms with Gasteiger partial charge in [-0.3, -0.25) is 0 Å². The third-order valence-corrected chi connectivity index (χ3v) is 2.81. The number of anilines is 1. The highest BCUT2D eigenvalue weighted by molar-refractivity contribution is 5.59. The minimum Gasteiger partial charge on any atom is -0.384 e. The first-order valence-corrected chi connectivity index (χ1v) is 5.46. The molecule has 0 aliphatic carbocycles. The molecule has 4 heteroatoms. The quantitative estimate of drug-likeness (QED) is 0.857. The maximum absolute atomic E-state index is 5.57. The molecule has 0 bridgehead atoms. The zero-order valence-electron chi connectivity index (χ0n) is 9.59. The molecule has 2 heterocycles. The van der Waals surface area contributed by atoms with Crippen LogP contribution in [0.4, 0.5) is 5.82 Å². The number of pyridine rings is 1. The number of nitrogens with two attached hydrogens (primary N) is 1. The summed E-state index contributed by atoms with van der Waals surface area (Å²) in [5, 5.41) is 0. The van der Waals surface area contributed by atoms with Gasteiger partial charge in [0.25, 0.3) is 0 Å². The molecular weight excluding hydrogens is 200 g/mol. The minimum absolute atomic E-state index is 0.440. The van der Waals surface area contributed by atoms with Crippen molar-refractivity contribution in [3.63, 3.8) is 0 Å². The summed E-state index contributed by atoms with van der Waals surface area (Å²) in [6, 6.07) is 4.22. The van der Waals surface area contributed by atoms with E-state index >= 15 is 0 Å². The molecule has 4 nitrogen and oxygen atoms in total. The average molecular weight is 216 g/mol. The fourth-order valence-corrected chi connectivity index (χ4v) is 1.63. The Balaban J connectivity index is 2.40. The molecule has 2 aromatic rings. The van der Waals surface area contributed by atoms with Gasteiger partial charge in [-0.15, -0.1) is 0 Å². The predicted octanol–water partition coefficient (Wildman–Crippen LogP) is 2.50. The molecule has 1 unspecified atom stereocenters. The molecule has 0 radical (unpaired) electrons. The van der Waals surface area contributed by atoms with Crippen molar-refractivity contribution >= 4 is 5.82 Å². The molecular formula is C12H16N4. The first-order chi connectivity index (χ1) is 7.72. The Morgan fingerprint density at radius 3 is 2.81 bits per heavy atom. The van der Waals surface area contributed by atoms with Crippen molar-refractivity contribution in [3.05, 3.63) is 30.9 Å². The molecule has 2 N–H and O–H groups in total. The van der Waals surface area contributed by atoms with Gasteiger partial charge < -0.3 is 10.3 Å². The van der Waals surface area contributed by atoms with Gasteiger partial charge >= 0.3 is 0 Å². The average Bonchev–Trinajstić information content (AvgIpc) is 2.78. The van der Waals surface area contributed by atoms with Gasteiger partial charge in [0.15, 0.2) is 0 Å². The zero-order chi connectivity index (χ0) is 11.5. The van der Waals surface area contributed by atoms with Crippen LogP contribution in [0, 0.1) is 0 Å². The highest BCUT2D eigenvalue weighted by Crippen LogP contribution is 2.23. The van der Waals surface area contributed by atoms with E-state index in [9.17, 15) is 0 Å². The van der Waals surface area contributed by atoms with Crippen molar-refractivity contribution < 1.29 is 0 Å². The number of rotatable bonds is 3. The molecule has 0 spiro atoms. The second-order valence-corrected chi connectivity index (χ2v) is 3.92. The van der Waals surface area contributed by atoms with E-state index in [1.165, 1.54) is 0 Å². The third-order valence-electron chi connectivity index (χ3n) is 2.81. The van der Waals surface area contributed by atoms with Gasteiger partial charge in [-0.25, -0.2) is 9.97 Å². The summed E-state index contributed by atoms with van der Waals surface area (Å²) in [6.07, 6.45) is 6.58. The molecule has 0 saturated heterocycles. The van der Waals surface area contributed by atoms with Gasteiger partial charge in [0.2, 0.25) is 0 Å². The smallest absolute Gasteiger partial charge is 0.123 e. The van der Waals surface area contributed by atoms with Crippen molar-refractivity contribution in [3.8, 4) is 11.3 Å². The Kier molecular flexibility index (Phi) is 2.90. The van der Waals surface area contributed by atoms with E-state index in [2.05, 4.69) is 28.4 Å². The van der Waals surface area contributed by atoms with Crippen LogP contribution in [0.2, 0.25) is 0 Å². The molecule has 16 heavy (non-hydrogen) atoms. The monoisotopic (exact) mass is 216 g/mol. The second kappa shape index (κ2) is 4.35. The van der Waals surface area contributed by atoms with Gasteiger partial charge in [0.05, 0.1) is 18.2 Å². The lowest BCUT2D eigenvalue weighted by Gasteiger charge is -2.14. The predicted molar refractivity (Wildman–Crippen MR) is 64.9 cm³/mol. The van der Waals surface area contributed by atoms with Crippen molar-refractivity contribution in [2.24, 2.45) is 0 Å². The van der Waals surface area contributed by atoms with Gasteiger partial charge in [-0.1, -0.05) is 6.92 Å². The molecule has 0 aliphatic rings. The Labute approximate surface area is 95.1 Å². The molecule has 0 amide bonds. The van der Waals surface area contributed by atoms with Crippen LogP contribution in [0.15, 0.2) is 30.9 Å². The maximum Gasteiger partial charge on any atom is 0.123 e. The van der Waals surface area contributed by atoms with Crippen molar-refractivity contribution in [2.45, 2.75) is 26.3 Å². The number of nitrogens with zero attached hydrogens (tertiary/aromatic N) is 3. The summed E-state index contributed by atoms with van der Waals surface area (Å²) >= 11 is 0. The molecule has 0 saturated carbocycles. The number of hydrogen-bond acceptors (Lipinski definition) is 3. The van der Waals surface area contributed by atoms with Crippen LogP contribution in [-0.4, -0.2) is 14.5 Å². The van der Waals surface area contributed by atoms with E-state index in [4.69, 9.17) is 5.73 Å². The molecule has 2 rings (SSSR count). The maximum atomic E-state index is 5.57. The number of imidazole rings is 1. The van der Waals surface area contributed by atoms with E-state index in [1.54, 1.807) is 6.20 Å². The molecule has 0 aliphatic heterocycles. The van der Waals surface area contributed by atoms with E-state index in [-0.39, 0.29) is 0 Å². The fraction of sp³-hybridized carbons (Fsp3) is 0.333. The van der Waals surface area contributed by atoms with Gasteiger partial charge in [0.1, 0.15) is 5.82 Å². The van der Waals surface area contributed by atoms with Crippen LogP contribution >= 0.6 is 0 Å². The first kappa shape index (κ1) is 10.7. The van der Waals surface area contributed by atoms with Crippen molar-refractivity contribution in [1.29, 1.82) is 0 Å². The second-order valence-electron chi connectivity index (χ2n) is 3.92. The molecule has 84 valence electrons. The zero-order valence-corrected chi connectivity index (χ0v) is 9.59. The Morgan fingerprint density at radius 2 is 2.19 bits per heavy atom. The lowest BCUT2D eigenvalue weighted by atomic mass is 10.2. The van der Waals surface area contributed by atoms with Crippen LogP contribution in [0.25, 0.3) is 11.3 Å². The van der Waals surface area contributed by atoms with E-state index < -0.39 is 0 Å². The largest absolute Gasteiger partial charge is 0.384 e. The van der Waals surface area contributed by atoms with E-state index in [0.29, 0.717) is 11.9 Å². The number of hydrogen-bond donors (Lipinski definition) is 1. The topological polar surface area (TPSA) is 56.7 Å². The molecule has 1 atom stereocenters. The summed E-state index contributed by atoms with van der Waals surface area (Å²) in [5.41, 5.74) is 7.70. The molecule has 2 aromatic heterocycles. The van der Waals surface area contributed by atoms with E-state index in [0.717, 1.165) is 17.7 Å². The number of nitrogen functional groups attached to an aromatic ring is 1. The summed E-state index contributed by atoms with van der Waals surface area (Å²) in [5.74, 6) is 0.540. The normalized spacial score (nSPS) is 12.6. The van der Waals surface area contributed by atoms with Crippen molar-refractivity contribution in [2.75, 3.05) is 5.73 Å². The lowest BCUT2D eigenvalue weighted by Crippen LogP contribution is -2.04. The van der Waals surface area contributed by atoms with Gasteiger partial charge in [-0.05, 0) is 25.5 Å². The first-order valence-electron chi connectivity index (χ1n) is 5.46. The van der Waals surface area contributed by atoms with Gasteiger partial charge in [-0.2, -0.15) is 0 Å². The van der Waals surface area contributed by atoms with Gasteiger partial charge in [0, 0.05) is 17.8 Å². The Morgan fingerprint density at radius 1 is 1.38 bits per heavy atom. The van der Waals surface area contributed by atoms with E-state index in [1.807, 2.05) is 24.7 Å². The van der Waals surface area contributed by atoms with Crippen molar-refractivity contribution in [1.82, 2.24) is 14.5 Å². The number of aromatic nitrogens is 3. The molecule has 0 aromatic carbocycles. The van der Waals surface area contributed by atoms with Crippen LogP contribution in [0.3, 0.4) is 0 Å². The summed E-state index contributed by atoms with van der Waals surface area (Å²) in [6.45, 7) is 4.34. The molecule has 0 fully saturated rings. The summed E-state index contributed by atoms with van der Waals surface area (Å²) in [7, 11) is 0. The third kappa shape index (κ3) is 1.91.